The van der Waals surface area contributed by atoms with Gasteiger partial charge in [-0.2, -0.15) is 13.2 Å². The van der Waals surface area contributed by atoms with Crippen molar-refractivity contribution in [1.82, 2.24) is 5.32 Å². The highest BCUT2D eigenvalue weighted by atomic mass is 19.4. The lowest BCUT2D eigenvalue weighted by Crippen LogP contribution is -2.58. The minimum absolute atomic E-state index is 0.148. The van der Waals surface area contributed by atoms with Gasteiger partial charge in [0.1, 0.15) is 5.54 Å². The van der Waals surface area contributed by atoms with E-state index in [4.69, 9.17) is 4.74 Å². The summed E-state index contributed by atoms with van der Waals surface area (Å²) in [5, 5.41) is 2.62. The monoisotopic (exact) mass is 469 g/mol. The molecule has 0 aromatic heterocycles. The molecule has 3 rings (SSSR count). The molecule has 1 N–H and O–H groups in total. The predicted molar refractivity (Wildman–Crippen MR) is 111 cm³/mol. The van der Waals surface area contributed by atoms with Crippen LogP contribution in [0.25, 0.3) is 11.1 Å². The van der Waals surface area contributed by atoms with E-state index in [-0.39, 0.29) is 32.1 Å². The Morgan fingerprint density at radius 1 is 1.03 bits per heavy atom. The summed E-state index contributed by atoms with van der Waals surface area (Å²) >= 11 is 0. The summed E-state index contributed by atoms with van der Waals surface area (Å²) in [7, 11) is 1.13. The van der Waals surface area contributed by atoms with Crippen molar-refractivity contribution in [2.45, 2.75) is 50.7 Å². The van der Waals surface area contributed by atoms with Gasteiger partial charge in [-0.25, -0.2) is 13.6 Å². The van der Waals surface area contributed by atoms with Crippen LogP contribution in [0.15, 0.2) is 36.4 Å². The smallest absolute Gasteiger partial charge is 0.391 e. The number of halogens is 5. The number of methoxy groups -OCH3 is 1. The van der Waals surface area contributed by atoms with Gasteiger partial charge in [-0.05, 0) is 67.0 Å². The van der Waals surface area contributed by atoms with Crippen molar-refractivity contribution < 1.29 is 36.3 Å². The molecular weight excluding hydrogens is 445 g/mol. The maximum absolute atomic E-state index is 13.6. The summed E-state index contributed by atoms with van der Waals surface area (Å²) < 4.78 is 70.8. The molecule has 4 nitrogen and oxygen atoms in total. The van der Waals surface area contributed by atoms with Crippen molar-refractivity contribution >= 4 is 11.9 Å². The Kier molecular flexibility index (Phi) is 7.09. The van der Waals surface area contributed by atoms with E-state index < -0.39 is 41.1 Å². The average Bonchev–Trinajstić information content (AvgIpc) is 2.76. The highest BCUT2D eigenvalue weighted by Crippen LogP contribution is 2.41. The summed E-state index contributed by atoms with van der Waals surface area (Å²) in [5.74, 6) is -4.82. The minimum atomic E-state index is -4.36. The average molecular weight is 469 g/mol. The third kappa shape index (κ3) is 5.51. The van der Waals surface area contributed by atoms with Gasteiger partial charge in [-0.15, -0.1) is 0 Å². The number of hydrogen-bond donors (Lipinski definition) is 1. The molecule has 1 aliphatic rings. The van der Waals surface area contributed by atoms with Crippen molar-refractivity contribution in [2.24, 2.45) is 5.92 Å². The van der Waals surface area contributed by atoms with Crippen LogP contribution in [0, 0.1) is 24.5 Å². The SMILES string of the molecule is COC(=O)[C@]1(NC(=O)Cc2cc(-c3ccc(F)c(F)c3)ccc2C)CC[C@H](C(F)(F)F)CC1. The number of amides is 1. The highest BCUT2D eigenvalue weighted by Gasteiger charge is 2.50. The van der Waals surface area contributed by atoms with Crippen LogP contribution in [0.4, 0.5) is 22.0 Å². The maximum atomic E-state index is 13.6. The molecule has 9 heteroatoms. The molecule has 0 bridgehead atoms. The molecule has 0 unspecified atom stereocenters. The Balaban J connectivity index is 1.78. The van der Waals surface area contributed by atoms with E-state index in [0.29, 0.717) is 16.7 Å². The van der Waals surface area contributed by atoms with Gasteiger partial charge in [0.05, 0.1) is 19.4 Å². The largest absolute Gasteiger partial charge is 0.467 e. The lowest BCUT2D eigenvalue weighted by molar-refractivity contribution is -0.188. The van der Waals surface area contributed by atoms with Crippen molar-refractivity contribution in [1.29, 1.82) is 0 Å². The summed E-state index contributed by atoms with van der Waals surface area (Å²) in [4.78, 5) is 25.2. The molecule has 1 saturated carbocycles. The van der Waals surface area contributed by atoms with Crippen LogP contribution in [0.5, 0.6) is 0 Å². The molecule has 178 valence electrons. The number of rotatable bonds is 5. The topological polar surface area (TPSA) is 55.4 Å². The van der Waals surface area contributed by atoms with Crippen molar-refractivity contribution in [2.75, 3.05) is 7.11 Å². The molecule has 0 aliphatic heterocycles. The molecule has 33 heavy (non-hydrogen) atoms. The van der Waals surface area contributed by atoms with Crippen LogP contribution < -0.4 is 5.32 Å². The Hall–Kier alpha value is -2.97. The van der Waals surface area contributed by atoms with Gasteiger partial charge in [0.2, 0.25) is 5.91 Å². The Bertz CT molecular complexity index is 1040. The van der Waals surface area contributed by atoms with E-state index in [2.05, 4.69) is 5.32 Å². The third-order valence-corrected chi connectivity index (χ3v) is 6.21. The first-order valence-corrected chi connectivity index (χ1v) is 10.5. The Morgan fingerprint density at radius 3 is 2.21 bits per heavy atom. The molecule has 1 fully saturated rings. The third-order valence-electron chi connectivity index (χ3n) is 6.21. The zero-order valence-electron chi connectivity index (χ0n) is 18.2. The number of benzene rings is 2. The molecule has 0 radical (unpaired) electrons. The number of ether oxygens (including phenoxy) is 1. The fourth-order valence-corrected chi connectivity index (χ4v) is 4.21. The van der Waals surface area contributed by atoms with Crippen LogP contribution in [0.2, 0.25) is 0 Å². The van der Waals surface area contributed by atoms with Gasteiger partial charge in [-0.3, -0.25) is 4.79 Å². The first-order chi connectivity index (χ1) is 15.4. The van der Waals surface area contributed by atoms with E-state index in [0.717, 1.165) is 24.8 Å². The number of esters is 1. The fraction of sp³-hybridized carbons (Fsp3) is 0.417. The standard InChI is InChI=1S/C24H24F5NO3/c1-14-3-4-15(16-5-6-19(25)20(26)12-16)11-17(14)13-21(31)30-23(22(32)33-2)9-7-18(8-10-23)24(27,28)29/h3-6,11-12,18H,7-10,13H2,1-2H3,(H,30,31)/t18-,23-. The van der Waals surface area contributed by atoms with Crippen molar-refractivity contribution in [3.63, 3.8) is 0 Å². The molecule has 2 aromatic rings. The predicted octanol–water partition coefficient (Wildman–Crippen LogP) is 5.26. The van der Waals surface area contributed by atoms with Crippen LogP contribution in [0.3, 0.4) is 0 Å². The molecule has 0 heterocycles. The molecule has 0 saturated heterocycles. The van der Waals surface area contributed by atoms with E-state index in [1.54, 1.807) is 25.1 Å². The van der Waals surface area contributed by atoms with Crippen molar-refractivity contribution in [3.8, 4) is 11.1 Å². The molecule has 2 aromatic carbocycles. The van der Waals surface area contributed by atoms with Crippen LogP contribution >= 0.6 is 0 Å². The van der Waals surface area contributed by atoms with Gasteiger partial charge in [-0.1, -0.05) is 24.3 Å². The second-order valence-electron chi connectivity index (χ2n) is 8.38. The zero-order valence-corrected chi connectivity index (χ0v) is 18.2. The van der Waals surface area contributed by atoms with Crippen LogP contribution in [-0.4, -0.2) is 30.7 Å². The van der Waals surface area contributed by atoms with Crippen LogP contribution in [0.1, 0.15) is 36.8 Å². The molecular formula is C24H24F5NO3. The number of hydrogen-bond acceptors (Lipinski definition) is 3. The van der Waals surface area contributed by atoms with Gasteiger partial charge in [0, 0.05) is 0 Å². The zero-order chi connectivity index (χ0) is 24.4. The van der Waals surface area contributed by atoms with Gasteiger partial charge >= 0.3 is 12.1 Å². The lowest BCUT2D eigenvalue weighted by atomic mass is 9.76. The van der Waals surface area contributed by atoms with E-state index in [9.17, 15) is 31.5 Å². The summed E-state index contributed by atoms with van der Waals surface area (Å²) in [6.07, 6.45) is -5.44. The number of carbonyl (C=O) groups is 2. The van der Waals surface area contributed by atoms with Gasteiger partial charge < -0.3 is 10.1 Å². The molecule has 0 atom stereocenters. The molecule has 1 amide bonds. The normalized spacial score (nSPS) is 20.9. The van der Waals surface area contributed by atoms with E-state index in [1.807, 2.05) is 0 Å². The number of aryl methyl sites for hydroxylation is 1. The highest BCUT2D eigenvalue weighted by molar-refractivity contribution is 5.89. The minimum Gasteiger partial charge on any atom is -0.467 e. The number of nitrogens with one attached hydrogen (secondary N) is 1. The maximum Gasteiger partial charge on any atom is 0.391 e. The molecule has 0 spiro atoms. The quantitative estimate of drug-likeness (QED) is 0.480. The first-order valence-electron chi connectivity index (χ1n) is 10.5. The number of carbonyl (C=O) groups excluding carboxylic acids is 2. The van der Waals surface area contributed by atoms with Crippen molar-refractivity contribution in [3.05, 3.63) is 59.2 Å². The second-order valence-corrected chi connectivity index (χ2v) is 8.38. The van der Waals surface area contributed by atoms with Gasteiger partial charge in [0.25, 0.3) is 0 Å². The first kappa shape index (κ1) is 24.7. The van der Waals surface area contributed by atoms with Crippen LogP contribution in [-0.2, 0) is 20.7 Å². The Labute approximate surface area is 188 Å². The fourth-order valence-electron chi connectivity index (χ4n) is 4.21. The van der Waals surface area contributed by atoms with E-state index >= 15 is 0 Å². The van der Waals surface area contributed by atoms with E-state index in [1.165, 1.54) is 6.07 Å². The van der Waals surface area contributed by atoms with Gasteiger partial charge in [0.15, 0.2) is 11.6 Å². The summed E-state index contributed by atoms with van der Waals surface area (Å²) in [6.45, 7) is 1.77. The summed E-state index contributed by atoms with van der Waals surface area (Å²) in [6, 6.07) is 8.57. The number of alkyl halides is 3. The summed E-state index contributed by atoms with van der Waals surface area (Å²) in [5.41, 5.74) is 0.810. The second kappa shape index (κ2) is 9.49. The Morgan fingerprint density at radius 2 is 1.64 bits per heavy atom. The molecule has 1 aliphatic carbocycles. The lowest BCUT2D eigenvalue weighted by Gasteiger charge is -2.38.